The Morgan fingerprint density at radius 3 is 2.88 bits per heavy atom. The second-order valence-electron chi connectivity index (χ2n) is 4.07. The van der Waals surface area contributed by atoms with Crippen LogP contribution in [0.4, 0.5) is 0 Å². The van der Waals surface area contributed by atoms with Crippen LogP contribution in [-0.2, 0) is 0 Å². The summed E-state index contributed by atoms with van der Waals surface area (Å²) in [6.07, 6.45) is 4.61. The molecule has 2 rings (SSSR count). The fourth-order valence-electron chi connectivity index (χ4n) is 1.92. The zero-order chi connectivity index (χ0) is 11.5. The van der Waals surface area contributed by atoms with E-state index in [4.69, 9.17) is 0 Å². The SMILES string of the molecule is Cc1nnsc1C(=O)NC1CCCCC1Br. The fraction of sp³-hybridized carbons (Fsp3) is 0.700. The molecule has 1 aliphatic rings. The molecular formula is C10H14BrN3OS. The molecule has 1 amide bonds. The van der Waals surface area contributed by atoms with E-state index >= 15 is 0 Å². The van der Waals surface area contributed by atoms with Crippen molar-refractivity contribution in [3.63, 3.8) is 0 Å². The number of amides is 1. The molecule has 0 radical (unpaired) electrons. The smallest absolute Gasteiger partial charge is 0.265 e. The molecule has 2 atom stereocenters. The first-order chi connectivity index (χ1) is 7.68. The number of aromatic nitrogens is 2. The number of rotatable bonds is 2. The summed E-state index contributed by atoms with van der Waals surface area (Å²) in [6, 6.07) is 0.239. The third-order valence-corrected chi connectivity index (χ3v) is 4.78. The first-order valence-corrected chi connectivity index (χ1v) is 7.11. The zero-order valence-corrected chi connectivity index (χ0v) is 11.5. The van der Waals surface area contributed by atoms with Gasteiger partial charge in [-0.1, -0.05) is 33.3 Å². The number of hydrogen-bond acceptors (Lipinski definition) is 4. The molecule has 0 bridgehead atoms. The Morgan fingerprint density at radius 1 is 1.50 bits per heavy atom. The minimum atomic E-state index is -0.0381. The molecule has 0 aromatic carbocycles. The van der Waals surface area contributed by atoms with Gasteiger partial charge < -0.3 is 5.32 Å². The summed E-state index contributed by atoms with van der Waals surface area (Å²) >= 11 is 4.78. The number of carbonyl (C=O) groups is 1. The number of aryl methyl sites for hydroxylation is 1. The average Bonchev–Trinajstić information content (AvgIpc) is 2.68. The summed E-state index contributed by atoms with van der Waals surface area (Å²) in [5.74, 6) is -0.0381. The van der Waals surface area contributed by atoms with Crippen LogP contribution in [0.2, 0.25) is 0 Å². The Balaban J connectivity index is 1.99. The molecule has 1 N–H and O–H groups in total. The Bertz CT molecular complexity index is 382. The molecular weight excluding hydrogens is 290 g/mol. The molecule has 1 heterocycles. The van der Waals surface area contributed by atoms with Crippen molar-refractivity contribution in [1.29, 1.82) is 0 Å². The van der Waals surface area contributed by atoms with Crippen molar-refractivity contribution in [2.24, 2.45) is 0 Å². The molecule has 0 saturated heterocycles. The first-order valence-electron chi connectivity index (χ1n) is 5.42. The summed E-state index contributed by atoms with van der Waals surface area (Å²) in [7, 11) is 0. The van der Waals surface area contributed by atoms with Crippen molar-refractivity contribution >= 4 is 33.4 Å². The van der Waals surface area contributed by atoms with Gasteiger partial charge in [0.1, 0.15) is 4.88 Å². The number of carbonyl (C=O) groups excluding carboxylic acids is 1. The Labute approximate surface area is 107 Å². The topological polar surface area (TPSA) is 54.9 Å². The summed E-state index contributed by atoms with van der Waals surface area (Å²) < 4.78 is 3.77. The maximum absolute atomic E-state index is 11.9. The van der Waals surface area contributed by atoms with E-state index in [1.165, 1.54) is 12.8 Å². The lowest BCUT2D eigenvalue weighted by Gasteiger charge is -2.27. The lowest BCUT2D eigenvalue weighted by molar-refractivity contribution is 0.0933. The standard InChI is InChI=1S/C10H14BrN3OS/c1-6-9(16-14-13-6)10(15)12-8-5-3-2-4-7(8)11/h7-8H,2-5H2,1H3,(H,12,15). The summed E-state index contributed by atoms with van der Waals surface area (Å²) in [5, 5.41) is 6.90. The van der Waals surface area contributed by atoms with E-state index in [1.54, 1.807) is 0 Å². The van der Waals surface area contributed by atoms with E-state index in [9.17, 15) is 4.79 Å². The molecule has 1 aromatic rings. The van der Waals surface area contributed by atoms with Crippen LogP contribution in [0, 0.1) is 6.92 Å². The third kappa shape index (κ3) is 2.60. The highest BCUT2D eigenvalue weighted by atomic mass is 79.9. The van der Waals surface area contributed by atoms with Crippen molar-refractivity contribution in [3.8, 4) is 0 Å². The highest BCUT2D eigenvalue weighted by Gasteiger charge is 2.25. The van der Waals surface area contributed by atoms with Gasteiger partial charge in [0, 0.05) is 10.9 Å². The third-order valence-electron chi connectivity index (χ3n) is 2.86. The van der Waals surface area contributed by atoms with Gasteiger partial charge in [0.2, 0.25) is 0 Å². The predicted molar refractivity (Wildman–Crippen MR) is 67.1 cm³/mol. The van der Waals surface area contributed by atoms with Crippen molar-refractivity contribution < 1.29 is 4.79 Å². The van der Waals surface area contributed by atoms with Crippen LogP contribution in [0.5, 0.6) is 0 Å². The van der Waals surface area contributed by atoms with Gasteiger partial charge in [-0.25, -0.2) is 0 Å². The average molecular weight is 304 g/mol. The van der Waals surface area contributed by atoms with Gasteiger partial charge in [-0.2, -0.15) is 0 Å². The number of hydrogen-bond donors (Lipinski definition) is 1. The van der Waals surface area contributed by atoms with Crippen LogP contribution < -0.4 is 5.32 Å². The molecule has 16 heavy (non-hydrogen) atoms. The second kappa shape index (κ2) is 5.23. The van der Waals surface area contributed by atoms with E-state index in [2.05, 4.69) is 30.8 Å². The van der Waals surface area contributed by atoms with Crippen LogP contribution in [0.15, 0.2) is 0 Å². The van der Waals surface area contributed by atoms with Gasteiger partial charge in [0.05, 0.1) is 5.69 Å². The summed E-state index contributed by atoms with van der Waals surface area (Å²) in [5.41, 5.74) is 0.712. The normalized spacial score (nSPS) is 25.4. The van der Waals surface area contributed by atoms with Crippen molar-refractivity contribution in [1.82, 2.24) is 14.9 Å². The monoisotopic (exact) mass is 303 g/mol. The maximum Gasteiger partial charge on any atom is 0.265 e. The Kier molecular flexibility index (Phi) is 3.91. The number of alkyl halides is 1. The minimum absolute atomic E-state index is 0.0381. The summed E-state index contributed by atoms with van der Waals surface area (Å²) in [4.78, 5) is 13.0. The molecule has 0 aliphatic heterocycles. The van der Waals surface area contributed by atoms with E-state index in [0.29, 0.717) is 15.4 Å². The number of nitrogens with one attached hydrogen (secondary N) is 1. The van der Waals surface area contributed by atoms with E-state index in [1.807, 2.05) is 6.92 Å². The van der Waals surface area contributed by atoms with E-state index in [0.717, 1.165) is 24.4 Å². The van der Waals surface area contributed by atoms with Crippen LogP contribution in [0.1, 0.15) is 41.0 Å². The van der Waals surface area contributed by atoms with Gasteiger partial charge in [-0.15, -0.1) is 5.10 Å². The Morgan fingerprint density at radius 2 is 2.25 bits per heavy atom. The van der Waals surface area contributed by atoms with E-state index in [-0.39, 0.29) is 11.9 Å². The van der Waals surface area contributed by atoms with Crippen LogP contribution in [0.25, 0.3) is 0 Å². The van der Waals surface area contributed by atoms with Gasteiger partial charge in [-0.3, -0.25) is 4.79 Å². The second-order valence-corrected chi connectivity index (χ2v) is 6.00. The predicted octanol–water partition coefficient (Wildman–Crippen LogP) is 2.28. The van der Waals surface area contributed by atoms with Crippen LogP contribution in [0.3, 0.4) is 0 Å². The first kappa shape index (κ1) is 12.0. The molecule has 1 aliphatic carbocycles. The highest BCUT2D eigenvalue weighted by molar-refractivity contribution is 9.09. The van der Waals surface area contributed by atoms with Crippen molar-refractivity contribution in [3.05, 3.63) is 10.6 Å². The molecule has 6 heteroatoms. The molecule has 1 fully saturated rings. The van der Waals surface area contributed by atoms with E-state index < -0.39 is 0 Å². The van der Waals surface area contributed by atoms with Crippen molar-refractivity contribution in [2.75, 3.05) is 0 Å². The van der Waals surface area contributed by atoms with Crippen LogP contribution in [-0.4, -0.2) is 26.4 Å². The fourth-order valence-corrected chi connectivity index (χ4v) is 3.20. The maximum atomic E-state index is 11.9. The molecule has 0 spiro atoms. The number of halogens is 1. The summed E-state index contributed by atoms with van der Waals surface area (Å²) in [6.45, 7) is 1.81. The minimum Gasteiger partial charge on any atom is -0.347 e. The van der Waals surface area contributed by atoms with Gasteiger partial charge in [-0.05, 0) is 31.3 Å². The van der Waals surface area contributed by atoms with Gasteiger partial charge >= 0.3 is 0 Å². The highest BCUT2D eigenvalue weighted by Crippen LogP contribution is 2.25. The zero-order valence-electron chi connectivity index (χ0n) is 9.07. The molecule has 2 unspecified atom stereocenters. The quantitative estimate of drug-likeness (QED) is 0.853. The number of nitrogens with zero attached hydrogens (tertiary/aromatic N) is 2. The molecule has 1 saturated carbocycles. The van der Waals surface area contributed by atoms with Gasteiger partial charge in [0.15, 0.2) is 0 Å². The molecule has 88 valence electrons. The van der Waals surface area contributed by atoms with Crippen molar-refractivity contribution in [2.45, 2.75) is 43.5 Å². The largest absolute Gasteiger partial charge is 0.347 e. The van der Waals surface area contributed by atoms with Gasteiger partial charge in [0.25, 0.3) is 5.91 Å². The molecule has 4 nitrogen and oxygen atoms in total. The lowest BCUT2D eigenvalue weighted by atomic mass is 9.95. The molecule has 1 aromatic heterocycles. The Hall–Kier alpha value is -0.490. The van der Waals surface area contributed by atoms with Crippen LogP contribution >= 0.6 is 27.5 Å². The lowest BCUT2D eigenvalue weighted by Crippen LogP contribution is -2.42.